The number of ether oxygens (including phenoxy) is 1. The highest BCUT2D eigenvalue weighted by atomic mass is 16.5. The predicted octanol–water partition coefficient (Wildman–Crippen LogP) is 1.61. The van der Waals surface area contributed by atoms with Crippen molar-refractivity contribution in [3.05, 3.63) is 25.7 Å². The van der Waals surface area contributed by atoms with Gasteiger partial charge in [0, 0.05) is 6.54 Å². The van der Waals surface area contributed by atoms with Gasteiger partial charge in [-0.15, -0.1) is 0 Å². The molecular weight excluding hydrogens is 166 g/mol. The highest BCUT2D eigenvalue weighted by Crippen LogP contribution is 1.82. The number of aliphatic hydroxyl groups excluding tert-OH is 1. The Morgan fingerprint density at radius 2 is 1.69 bits per heavy atom. The lowest BCUT2D eigenvalue weighted by molar-refractivity contribution is 0.208. The number of nitrogens with zero attached hydrogens (tertiary/aromatic N) is 1. The molecule has 0 aromatic rings. The average Bonchev–Trinajstić information content (AvgIpc) is 2.16. The topological polar surface area (TPSA) is 32.7 Å². The molecule has 0 aliphatic heterocycles. The fraction of sp³-hybridized carbons (Fsp3) is 0.600. The molecule has 0 unspecified atom stereocenters. The second-order valence-corrected chi connectivity index (χ2v) is 2.22. The lowest BCUT2D eigenvalue weighted by Crippen LogP contribution is -2.25. The quantitative estimate of drug-likeness (QED) is 0.641. The van der Waals surface area contributed by atoms with Crippen molar-refractivity contribution < 1.29 is 9.84 Å². The molecule has 3 heteroatoms. The normalized spacial score (nSPS) is 8.62. The molecule has 0 rings (SSSR count). The van der Waals surface area contributed by atoms with Gasteiger partial charge in [0.15, 0.2) is 0 Å². The Balaban J connectivity index is 0. The first kappa shape index (κ1) is 14.7. The summed E-state index contributed by atoms with van der Waals surface area (Å²) in [4.78, 5) is 2.18. The summed E-state index contributed by atoms with van der Waals surface area (Å²) in [6.45, 7) is 13.9. The maximum atomic E-state index is 8.46. The molecule has 0 atom stereocenters. The van der Waals surface area contributed by atoms with Crippen LogP contribution in [-0.4, -0.2) is 36.2 Å². The summed E-state index contributed by atoms with van der Waals surface area (Å²) in [6, 6.07) is 0. The van der Waals surface area contributed by atoms with Crippen LogP contribution in [-0.2, 0) is 4.74 Å². The van der Waals surface area contributed by atoms with Gasteiger partial charge in [-0.05, 0) is 13.1 Å². The van der Waals surface area contributed by atoms with Crippen molar-refractivity contribution in [3.63, 3.8) is 0 Å². The number of hydrogen-bond acceptors (Lipinski definition) is 3. The standard InChI is InChI=1S/C6H15NO.C4H6O/c1-3-7(4-2)5-6-8;1-3-5-4-2/h8H,3-6H2,1-2H3;3-4H,1-2H2. The Kier molecular flexibility index (Phi) is 15.6. The summed E-state index contributed by atoms with van der Waals surface area (Å²) >= 11 is 0. The van der Waals surface area contributed by atoms with E-state index in [-0.39, 0.29) is 6.61 Å². The van der Waals surface area contributed by atoms with Gasteiger partial charge in [-0.25, -0.2) is 0 Å². The van der Waals surface area contributed by atoms with E-state index < -0.39 is 0 Å². The van der Waals surface area contributed by atoms with Gasteiger partial charge < -0.3 is 14.7 Å². The van der Waals surface area contributed by atoms with E-state index in [0.29, 0.717) is 0 Å². The molecule has 78 valence electrons. The summed E-state index contributed by atoms with van der Waals surface area (Å²) in [5.74, 6) is 0. The molecule has 0 amide bonds. The third-order valence-corrected chi connectivity index (χ3v) is 1.50. The summed E-state index contributed by atoms with van der Waals surface area (Å²) < 4.78 is 4.36. The molecule has 0 saturated heterocycles. The van der Waals surface area contributed by atoms with Crippen molar-refractivity contribution in [2.24, 2.45) is 0 Å². The summed E-state index contributed by atoms with van der Waals surface area (Å²) in [6.07, 6.45) is 2.62. The smallest absolute Gasteiger partial charge is 0.0829 e. The van der Waals surface area contributed by atoms with Crippen LogP contribution in [0.3, 0.4) is 0 Å². The van der Waals surface area contributed by atoms with Crippen molar-refractivity contribution in [3.8, 4) is 0 Å². The van der Waals surface area contributed by atoms with E-state index >= 15 is 0 Å². The first-order valence-electron chi connectivity index (χ1n) is 4.47. The summed E-state index contributed by atoms with van der Waals surface area (Å²) in [5, 5.41) is 8.46. The van der Waals surface area contributed by atoms with Crippen molar-refractivity contribution in [1.82, 2.24) is 4.90 Å². The Labute approximate surface area is 81.3 Å². The minimum absolute atomic E-state index is 0.279. The van der Waals surface area contributed by atoms with Crippen LogP contribution in [0.5, 0.6) is 0 Å². The van der Waals surface area contributed by atoms with E-state index in [2.05, 4.69) is 36.6 Å². The highest BCUT2D eigenvalue weighted by Gasteiger charge is 1.93. The van der Waals surface area contributed by atoms with Gasteiger partial charge >= 0.3 is 0 Å². The zero-order valence-electron chi connectivity index (χ0n) is 8.70. The van der Waals surface area contributed by atoms with E-state index in [4.69, 9.17) is 5.11 Å². The van der Waals surface area contributed by atoms with Crippen LogP contribution >= 0.6 is 0 Å². The SMILES string of the molecule is C=COC=C.CCN(CC)CCO. The minimum atomic E-state index is 0.279. The molecule has 0 aliphatic rings. The van der Waals surface area contributed by atoms with Crippen LogP contribution in [0.25, 0.3) is 0 Å². The molecule has 0 saturated carbocycles. The van der Waals surface area contributed by atoms with Crippen LogP contribution < -0.4 is 0 Å². The molecular formula is C10H21NO2. The molecule has 0 heterocycles. The number of likely N-dealkylation sites (N-methyl/N-ethyl adjacent to an activating group) is 1. The molecule has 0 radical (unpaired) electrons. The fourth-order valence-corrected chi connectivity index (χ4v) is 0.749. The van der Waals surface area contributed by atoms with Gasteiger partial charge in [-0.1, -0.05) is 27.0 Å². The van der Waals surface area contributed by atoms with Crippen LogP contribution in [0.4, 0.5) is 0 Å². The van der Waals surface area contributed by atoms with Gasteiger partial charge in [-0.2, -0.15) is 0 Å². The average molecular weight is 187 g/mol. The maximum absolute atomic E-state index is 8.46. The van der Waals surface area contributed by atoms with Gasteiger partial charge in [0.2, 0.25) is 0 Å². The molecule has 0 aromatic carbocycles. The summed E-state index contributed by atoms with van der Waals surface area (Å²) in [7, 11) is 0. The van der Waals surface area contributed by atoms with E-state index in [1.165, 1.54) is 12.5 Å². The van der Waals surface area contributed by atoms with Crippen LogP contribution in [0.15, 0.2) is 25.7 Å². The van der Waals surface area contributed by atoms with Crippen molar-refractivity contribution in [2.75, 3.05) is 26.2 Å². The largest absolute Gasteiger partial charge is 0.474 e. The van der Waals surface area contributed by atoms with Crippen LogP contribution in [0.1, 0.15) is 13.8 Å². The second-order valence-electron chi connectivity index (χ2n) is 2.22. The molecule has 3 nitrogen and oxygen atoms in total. The van der Waals surface area contributed by atoms with Gasteiger partial charge in [-0.3, -0.25) is 0 Å². The van der Waals surface area contributed by atoms with E-state index in [9.17, 15) is 0 Å². The molecule has 13 heavy (non-hydrogen) atoms. The van der Waals surface area contributed by atoms with Crippen molar-refractivity contribution >= 4 is 0 Å². The van der Waals surface area contributed by atoms with Gasteiger partial charge in [0.05, 0.1) is 19.1 Å². The Hall–Kier alpha value is -0.800. The molecule has 0 spiro atoms. The molecule has 0 fully saturated rings. The van der Waals surface area contributed by atoms with Crippen molar-refractivity contribution in [2.45, 2.75) is 13.8 Å². The number of hydrogen-bond donors (Lipinski definition) is 1. The zero-order valence-corrected chi connectivity index (χ0v) is 8.70. The lowest BCUT2D eigenvalue weighted by Gasteiger charge is -2.15. The number of rotatable bonds is 6. The molecule has 1 N–H and O–H groups in total. The fourth-order valence-electron chi connectivity index (χ4n) is 0.749. The van der Waals surface area contributed by atoms with Gasteiger partial charge in [0.1, 0.15) is 0 Å². The first-order valence-corrected chi connectivity index (χ1v) is 4.47. The Morgan fingerprint density at radius 3 is 1.77 bits per heavy atom. The van der Waals surface area contributed by atoms with E-state index in [1.54, 1.807) is 0 Å². The van der Waals surface area contributed by atoms with Crippen molar-refractivity contribution in [1.29, 1.82) is 0 Å². The highest BCUT2D eigenvalue weighted by molar-refractivity contribution is 4.57. The summed E-state index contributed by atoms with van der Waals surface area (Å²) in [5.41, 5.74) is 0. The van der Waals surface area contributed by atoms with E-state index in [1.807, 2.05) is 0 Å². The Morgan fingerprint density at radius 1 is 1.23 bits per heavy atom. The molecule has 0 aromatic heterocycles. The van der Waals surface area contributed by atoms with E-state index in [0.717, 1.165) is 19.6 Å². The third kappa shape index (κ3) is 14.1. The van der Waals surface area contributed by atoms with Crippen LogP contribution in [0, 0.1) is 0 Å². The third-order valence-electron chi connectivity index (χ3n) is 1.50. The minimum Gasteiger partial charge on any atom is -0.474 e. The second kappa shape index (κ2) is 13.8. The van der Waals surface area contributed by atoms with Crippen LogP contribution in [0.2, 0.25) is 0 Å². The maximum Gasteiger partial charge on any atom is 0.0829 e. The zero-order chi connectivity index (χ0) is 10.5. The number of aliphatic hydroxyl groups is 1. The lowest BCUT2D eigenvalue weighted by atomic mass is 10.5. The molecule has 0 bridgehead atoms. The monoisotopic (exact) mass is 187 g/mol. The first-order chi connectivity index (χ1) is 6.26. The van der Waals surface area contributed by atoms with Gasteiger partial charge in [0.25, 0.3) is 0 Å². The molecule has 0 aliphatic carbocycles. The Bertz CT molecular complexity index is 105. The predicted molar refractivity (Wildman–Crippen MR) is 56.4 cm³/mol.